The molecule has 0 aromatic heterocycles. The first-order valence-electron chi connectivity index (χ1n) is 6.76. The SMILES string of the molecule is CCC(CN)(C1CC1)N(C)CC1CCCO1. The molecular weight excluding hydrogens is 200 g/mol. The van der Waals surface area contributed by atoms with E-state index >= 15 is 0 Å². The second kappa shape index (κ2) is 5.03. The number of ether oxygens (including phenoxy) is 1. The average Bonchev–Trinajstić information content (AvgIpc) is 3.01. The molecule has 0 spiro atoms. The monoisotopic (exact) mass is 226 g/mol. The van der Waals surface area contributed by atoms with Gasteiger partial charge in [-0.15, -0.1) is 0 Å². The van der Waals surface area contributed by atoms with E-state index in [2.05, 4.69) is 18.9 Å². The van der Waals surface area contributed by atoms with Gasteiger partial charge in [0.05, 0.1) is 6.10 Å². The molecule has 1 heterocycles. The van der Waals surface area contributed by atoms with E-state index in [1.807, 2.05) is 0 Å². The van der Waals surface area contributed by atoms with Crippen LogP contribution in [0.15, 0.2) is 0 Å². The zero-order chi connectivity index (χ0) is 11.6. The molecular formula is C13H26N2O. The summed E-state index contributed by atoms with van der Waals surface area (Å²) in [5.41, 5.74) is 6.29. The number of hydrogen-bond donors (Lipinski definition) is 1. The fourth-order valence-electron chi connectivity index (χ4n) is 3.23. The maximum atomic E-state index is 6.05. The van der Waals surface area contributed by atoms with Gasteiger partial charge >= 0.3 is 0 Å². The van der Waals surface area contributed by atoms with E-state index in [-0.39, 0.29) is 5.54 Å². The second-order valence-electron chi connectivity index (χ2n) is 5.45. The normalized spacial score (nSPS) is 29.6. The Balaban J connectivity index is 1.95. The molecule has 1 aliphatic heterocycles. The second-order valence-corrected chi connectivity index (χ2v) is 5.45. The van der Waals surface area contributed by atoms with Crippen LogP contribution in [0, 0.1) is 5.92 Å². The average molecular weight is 226 g/mol. The fraction of sp³-hybridized carbons (Fsp3) is 1.00. The lowest BCUT2D eigenvalue weighted by atomic mass is 9.88. The third-order valence-corrected chi connectivity index (χ3v) is 4.56. The summed E-state index contributed by atoms with van der Waals surface area (Å²) >= 11 is 0. The van der Waals surface area contributed by atoms with Crippen molar-refractivity contribution >= 4 is 0 Å². The van der Waals surface area contributed by atoms with Crippen LogP contribution in [0.25, 0.3) is 0 Å². The van der Waals surface area contributed by atoms with Crippen LogP contribution in [-0.4, -0.2) is 43.3 Å². The fourth-order valence-corrected chi connectivity index (χ4v) is 3.23. The van der Waals surface area contributed by atoms with Gasteiger partial charge in [0.1, 0.15) is 0 Å². The number of nitrogens with zero attached hydrogens (tertiary/aromatic N) is 1. The molecule has 2 unspecified atom stereocenters. The van der Waals surface area contributed by atoms with Crippen molar-refractivity contribution in [3.63, 3.8) is 0 Å². The summed E-state index contributed by atoms with van der Waals surface area (Å²) in [6, 6.07) is 0. The van der Waals surface area contributed by atoms with Gasteiger partial charge in [-0.3, -0.25) is 4.90 Å². The first-order valence-corrected chi connectivity index (χ1v) is 6.76. The van der Waals surface area contributed by atoms with Gasteiger partial charge in [0.25, 0.3) is 0 Å². The van der Waals surface area contributed by atoms with E-state index in [9.17, 15) is 0 Å². The first kappa shape index (κ1) is 12.3. The molecule has 1 saturated carbocycles. The minimum Gasteiger partial charge on any atom is -0.377 e. The summed E-state index contributed by atoms with van der Waals surface area (Å²) in [5, 5.41) is 0. The molecule has 0 radical (unpaired) electrons. The molecule has 3 nitrogen and oxygen atoms in total. The van der Waals surface area contributed by atoms with Crippen LogP contribution in [0.3, 0.4) is 0 Å². The van der Waals surface area contributed by atoms with Gasteiger partial charge in [0, 0.05) is 25.2 Å². The van der Waals surface area contributed by atoms with E-state index in [1.54, 1.807) is 0 Å². The highest BCUT2D eigenvalue weighted by atomic mass is 16.5. The maximum Gasteiger partial charge on any atom is 0.0702 e. The van der Waals surface area contributed by atoms with Crippen LogP contribution in [0.4, 0.5) is 0 Å². The van der Waals surface area contributed by atoms with Crippen LogP contribution >= 0.6 is 0 Å². The minimum absolute atomic E-state index is 0.242. The summed E-state index contributed by atoms with van der Waals surface area (Å²) < 4.78 is 5.73. The molecule has 1 aliphatic carbocycles. The van der Waals surface area contributed by atoms with Crippen molar-refractivity contribution < 1.29 is 4.74 Å². The van der Waals surface area contributed by atoms with Gasteiger partial charge < -0.3 is 10.5 Å². The van der Waals surface area contributed by atoms with E-state index in [0.717, 1.165) is 32.0 Å². The molecule has 0 aromatic rings. The maximum absolute atomic E-state index is 6.05. The standard InChI is InChI=1S/C13H26N2O/c1-3-13(10-14,11-6-7-11)15(2)9-12-5-4-8-16-12/h11-12H,3-10,14H2,1-2H3. The molecule has 2 rings (SSSR count). The largest absolute Gasteiger partial charge is 0.377 e. The lowest BCUT2D eigenvalue weighted by Crippen LogP contribution is -2.55. The molecule has 0 bridgehead atoms. The van der Waals surface area contributed by atoms with Crippen LogP contribution in [0.5, 0.6) is 0 Å². The van der Waals surface area contributed by atoms with Crippen molar-refractivity contribution in [2.24, 2.45) is 11.7 Å². The Bertz CT molecular complexity index is 218. The smallest absolute Gasteiger partial charge is 0.0702 e. The van der Waals surface area contributed by atoms with Crippen molar-refractivity contribution in [1.82, 2.24) is 4.90 Å². The molecule has 2 N–H and O–H groups in total. The molecule has 1 saturated heterocycles. The van der Waals surface area contributed by atoms with Crippen molar-refractivity contribution in [3.05, 3.63) is 0 Å². The van der Waals surface area contributed by atoms with Crippen LogP contribution in [0.1, 0.15) is 39.0 Å². The zero-order valence-electron chi connectivity index (χ0n) is 10.7. The molecule has 2 fully saturated rings. The van der Waals surface area contributed by atoms with Crippen LogP contribution < -0.4 is 5.73 Å². The van der Waals surface area contributed by atoms with Gasteiger partial charge in [0.2, 0.25) is 0 Å². The Labute approximate surface area is 99.3 Å². The Hall–Kier alpha value is -0.120. The van der Waals surface area contributed by atoms with Gasteiger partial charge in [-0.1, -0.05) is 6.92 Å². The van der Waals surface area contributed by atoms with E-state index in [1.165, 1.54) is 25.7 Å². The number of nitrogens with two attached hydrogens (primary N) is 1. The molecule has 16 heavy (non-hydrogen) atoms. The van der Waals surface area contributed by atoms with E-state index < -0.39 is 0 Å². The summed E-state index contributed by atoms with van der Waals surface area (Å²) in [7, 11) is 2.23. The molecule has 2 aliphatic rings. The summed E-state index contributed by atoms with van der Waals surface area (Å²) in [6.07, 6.45) is 6.78. The number of hydrogen-bond acceptors (Lipinski definition) is 3. The Morgan fingerprint density at radius 2 is 2.12 bits per heavy atom. The van der Waals surface area contributed by atoms with Crippen LogP contribution in [0.2, 0.25) is 0 Å². The molecule has 0 amide bonds. The lowest BCUT2D eigenvalue weighted by molar-refractivity contribution is 0.0254. The van der Waals surface area contributed by atoms with Crippen molar-refractivity contribution in [1.29, 1.82) is 0 Å². The molecule has 94 valence electrons. The first-order chi connectivity index (χ1) is 7.73. The van der Waals surface area contributed by atoms with Gasteiger partial charge in [0.15, 0.2) is 0 Å². The quantitative estimate of drug-likeness (QED) is 0.748. The number of likely N-dealkylation sites (N-methyl/N-ethyl adjacent to an activating group) is 1. The third kappa shape index (κ3) is 2.27. The Kier molecular flexibility index (Phi) is 3.88. The molecule has 3 heteroatoms. The van der Waals surface area contributed by atoms with Crippen molar-refractivity contribution in [2.75, 3.05) is 26.7 Å². The predicted molar refractivity (Wildman–Crippen MR) is 66.4 cm³/mol. The van der Waals surface area contributed by atoms with Crippen LogP contribution in [-0.2, 0) is 4.74 Å². The van der Waals surface area contributed by atoms with Crippen molar-refractivity contribution in [2.45, 2.75) is 50.7 Å². The third-order valence-electron chi connectivity index (χ3n) is 4.56. The van der Waals surface area contributed by atoms with Gasteiger partial charge in [-0.2, -0.15) is 0 Å². The van der Waals surface area contributed by atoms with E-state index in [4.69, 9.17) is 10.5 Å². The summed E-state index contributed by atoms with van der Waals surface area (Å²) in [6.45, 7) is 5.07. The Morgan fingerprint density at radius 3 is 2.56 bits per heavy atom. The number of rotatable bonds is 6. The van der Waals surface area contributed by atoms with E-state index in [0.29, 0.717) is 6.10 Å². The predicted octanol–water partition coefficient (Wildman–Crippen LogP) is 1.61. The lowest BCUT2D eigenvalue weighted by Gasteiger charge is -2.42. The van der Waals surface area contributed by atoms with Crippen molar-refractivity contribution in [3.8, 4) is 0 Å². The molecule has 2 atom stereocenters. The highest BCUT2D eigenvalue weighted by Crippen LogP contribution is 2.44. The molecule has 0 aromatic carbocycles. The highest BCUT2D eigenvalue weighted by molar-refractivity contribution is 5.02. The summed E-state index contributed by atoms with van der Waals surface area (Å²) in [5.74, 6) is 0.828. The minimum atomic E-state index is 0.242. The van der Waals surface area contributed by atoms with Gasteiger partial charge in [-0.25, -0.2) is 0 Å². The highest BCUT2D eigenvalue weighted by Gasteiger charge is 2.46. The zero-order valence-corrected chi connectivity index (χ0v) is 10.7. The summed E-state index contributed by atoms with van der Waals surface area (Å²) in [4.78, 5) is 2.49. The Morgan fingerprint density at radius 1 is 1.38 bits per heavy atom. The topological polar surface area (TPSA) is 38.5 Å². The van der Waals surface area contributed by atoms with Gasteiger partial charge in [-0.05, 0) is 45.1 Å².